The van der Waals surface area contributed by atoms with Gasteiger partial charge in [0.15, 0.2) is 0 Å². The Bertz CT molecular complexity index is 582. The zero-order valence-electron chi connectivity index (χ0n) is 10.5. The van der Waals surface area contributed by atoms with Crippen LogP contribution in [0.25, 0.3) is 5.69 Å². The maximum atomic E-state index is 6.25. The second kappa shape index (κ2) is 4.48. The Labute approximate surface area is 117 Å². The van der Waals surface area contributed by atoms with E-state index in [1.807, 2.05) is 32.9 Å². The van der Waals surface area contributed by atoms with Crippen LogP contribution < -0.4 is 5.73 Å². The molecule has 2 aromatic rings. The van der Waals surface area contributed by atoms with Crippen molar-refractivity contribution >= 4 is 29.0 Å². The molecule has 0 aliphatic heterocycles. The standard InChI is InChI=1S/C13H15Cl2N3/c1-13(2,3)11-10(15)12(16)18(17-11)9-6-4-5-8(14)7-9/h4-7H,16H2,1-3H3. The monoisotopic (exact) mass is 283 g/mol. The number of rotatable bonds is 1. The van der Waals surface area contributed by atoms with Gasteiger partial charge in [-0.25, -0.2) is 4.68 Å². The van der Waals surface area contributed by atoms with E-state index in [0.29, 0.717) is 15.9 Å². The van der Waals surface area contributed by atoms with Gasteiger partial charge in [-0.3, -0.25) is 0 Å². The molecular formula is C13H15Cl2N3. The van der Waals surface area contributed by atoms with E-state index in [9.17, 15) is 0 Å². The summed E-state index contributed by atoms with van der Waals surface area (Å²) in [6, 6.07) is 7.34. The van der Waals surface area contributed by atoms with E-state index in [-0.39, 0.29) is 5.41 Å². The maximum absolute atomic E-state index is 6.25. The van der Waals surface area contributed by atoms with Crippen molar-refractivity contribution in [3.8, 4) is 5.69 Å². The van der Waals surface area contributed by atoms with Gasteiger partial charge in [0, 0.05) is 10.4 Å². The Balaban J connectivity index is 2.60. The first-order valence-corrected chi connectivity index (χ1v) is 6.36. The Morgan fingerprint density at radius 3 is 2.39 bits per heavy atom. The molecule has 1 aromatic carbocycles. The summed E-state index contributed by atoms with van der Waals surface area (Å²) in [6.45, 7) is 6.13. The molecule has 3 nitrogen and oxygen atoms in total. The quantitative estimate of drug-likeness (QED) is 0.858. The highest BCUT2D eigenvalue weighted by atomic mass is 35.5. The molecule has 0 aliphatic carbocycles. The Hall–Kier alpha value is -1.19. The molecule has 0 spiro atoms. The van der Waals surface area contributed by atoms with Crippen molar-refractivity contribution in [3.63, 3.8) is 0 Å². The lowest BCUT2D eigenvalue weighted by Gasteiger charge is -2.15. The van der Waals surface area contributed by atoms with Gasteiger partial charge < -0.3 is 5.73 Å². The van der Waals surface area contributed by atoms with E-state index in [2.05, 4.69) is 5.10 Å². The predicted octanol–water partition coefficient (Wildman–Crippen LogP) is 4.06. The van der Waals surface area contributed by atoms with Gasteiger partial charge in [0.2, 0.25) is 0 Å². The summed E-state index contributed by atoms with van der Waals surface area (Å²) in [5.41, 5.74) is 7.43. The van der Waals surface area contributed by atoms with Crippen LogP contribution in [0.1, 0.15) is 26.5 Å². The van der Waals surface area contributed by atoms with E-state index < -0.39 is 0 Å². The van der Waals surface area contributed by atoms with Crippen molar-refractivity contribution in [1.29, 1.82) is 0 Å². The first-order valence-electron chi connectivity index (χ1n) is 5.61. The van der Waals surface area contributed by atoms with Crippen molar-refractivity contribution in [2.75, 3.05) is 5.73 Å². The van der Waals surface area contributed by atoms with Gasteiger partial charge in [0.25, 0.3) is 0 Å². The molecule has 0 saturated heterocycles. The molecule has 5 heteroatoms. The fourth-order valence-electron chi connectivity index (χ4n) is 1.70. The number of nitrogen functional groups attached to an aromatic ring is 1. The third-order valence-electron chi connectivity index (χ3n) is 2.62. The second-order valence-corrected chi connectivity index (χ2v) is 6.00. The molecule has 2 N–H and O–H groups in total. The molecule has 0 atom stereocenters. The molecule has 1 aromatic heterocycles. The fourth-order valence-corrected chi connectivity index (χ4v) is 2.28. The summed E-state index contributed by atoms with van der Waals surface area (Å²) < 4.78 is 1.62. The largest absolute Gasteiger partial charge is 0.382 e. The highest BCUT2D eigenvalue weighted by molar-refractivity contribution is 6.33. The third-order valence-corrected chi connectivity index (χ3v) is 3.23. The van der Waals surface area contributed by atoms with E-state index in [1.54, 1.807) is 16.8 Å². The summed E-state index contributed by atoms with van der Waals surface area (Å²) in [5, 5.41) is 5.63. The molecule has 0 radical (unpaired) electrons. The molecule has 0 saturated carbocycles. The Morgan fingerprint density at radius 2 is 1.89 bits per heavy atom. The molecule has 2 rings (SSSR count). The normalized spacial score (nSPS) is 11.8. The number of halogens is 2. The number of nitrogens with zero attached hydrogens (tertiary/aromatic N) is 2. The van der Waals surface area contributed by atoms with Crippen molar-refractivity contribution in [3.05, 3.63) is 40.0 Å². The average Bonchev–Trinajstić information content (AvgIpc) is 2.55. The summed E-state index contributed by atoms with van der Waals surface area (Å²) in [6.07, 6.45) is 0. The van der Waals surface area contributed by atoms with Crippen molar-refractivity contribution in [1.82, 2.24) is 9.78 Å². The van der Waals surface area contributed by atoms with Crippen LogP contribution in [0.15, 0.2) is 24.3 Å². The second-order valence-electron chi connectivity index (χ2n) is 5.19. The topological polar surface area (TPSA) is 43.8 Å². The minimum Gasteiger partial charge on any atom is -0.382 e. The number of benzene rings is 1. The molecule has 0 unspecified atom stereocenters. The molecule has 0 bridgehead atoms. The van der Waals surface area contributed by atoms with E-state index >= 15 is 0 Å². The van der Waals surface area contributed by atoms with Crippen LogP contribution in [-0.4, -0.2) is 9.78 Å². The fraction of sp³-hybridized carbons (Fsp3) is 0.308. The number of hydrogen-bond acceptors (Lipinski definition) is 2. The molecule has 18 heavy (non-hydrogen) atoms. The Kier molecular flexibility index (Phi) is 3.30. The SMILES string of the molecule is CC(C)(C)c1nn(-c2cccc(Cl)c2)c(N)c1Cl. The predicted molar refractivity (Wildman–Crippen MR) is 76.7 cm³/mol. The summed E-state index contributed by atoms with van der Waals surface area (Å²) in [4.78, 5) is 0. The molecule has 0 aliphatic rings. The summed E-state index contributed by atoms with van der Waals surface area (Å²) in [7, 11) is 0. The van der Waals surface area contributed by atoms with Crippen molar-refractivity contribution in [2.45, 2.75) is 26.2 Å². The van der Waals surface area contributed by atoms with Gasteiger partial charge in [-0.2, -0.15) is 5.10 Å². The lowest BCUT2D eigenvalue weighted by molar-refractivity contribution is 0.560. The number of nitrogens with two attached hydrogens (primary N) is 1. The van der Waals surface area contributed by atoms with Crippen LogP contribution in [0.2, 0.25) is 10.0 Å². The van der Waals surface area contributed by atoms with Crippen LogP contribution in [0.3, 0.4) is 0 Å². The minimum absolute atomic E-state index is 0.158. The molecule has 0 amide bonds. The summed E-state index contributed by atoms with van der Waals surface area (Å²) >= 11 is 12.2. The zero-order chi connectivity index (χ0) is 13.5. The van der Waals surface area contributed by atoms with Crippen molar-refractivity contribution in [2.24, 2.45) is 0 Å². The van der Waals surface area contributed by atoms with Gasteiger partial charge in [-0.15, -0.1) is 0 Å². The average molecular weight is 284 g/mol. The van der Waals surface area contributed by atoms with Crippen LogP contribution in [-0.2, 0) is 5.41 Å². The van der Waals surface area contributed by atoms with Crippen LogP contribution in [0.5, 0.6) is 0 Å². The molecular weight excluding hydrogens is 269 g/mol. The maximum Gasteiger partial charge on any atom is 0.146 e. The smallest absolute Gasteiger partial charge is 0.146 e. The molecule has 96 valence electrons. The van der Waals surface area contributed by atoms with E-state index in [1.165, 1.54) is 0 Å². The van der Waals surface area contributed by atoms with Gasteiger partial charge >= 0.3 is 0 Å². The first kappa shape index (κ1) is 13.2. The summed E-state index contributed by atoms with van der Waals surface area (Å²) in [5.74, 6) is 0.434. The number of anilines is 1. The van der Waals surface area contributed by atoms with Crippen LogP contribution in [0.4, 0.5) is 5.82 Å². The lowest BCUT2D eigenvalue weighted by Crippen LogP contribution is -2.13. The minimum atomic E-state index is -0.158. The van der Waals surface area contributed by atoms with Crippen LogP contribution >= 0.6 is 23.2 Å². The zero-order valence-corrected chi connectivity index (χ0v) is 12.0. The lowest BCUT2D eigenvalue weighted by atomic mass is 9.92. The number of aromatic nitrogens is 2. The van der Waals surface area contributed by atoms with E-state index in [4.69, 9.17) is 28.9 Å². The van der Waals surface area contributed by atoms with Crippen LogP contribution in [0, 0.1) is 0 Å². The van der Waals surface area contributed by atoms with Gasteiger partial charge in [-0.05, 0) is 18.2 Å². The van der Waals surface area contributed by atoms with Gasteiger partial charge in [0.05, 0.1) is 11.4 Å². The highest BCUT2D eigenvalue weighted by Gasteiger charge is 2.25. The first-order chi connectivity index (χ1) is 8.30. The van der Waals surface area contributed by atoms with Gasteiger partial charge in [0.1, 0.15) is 10.8 Å². The Morgan fingerprint density at radius 1 is 1.22 bits per heavy atom. The molecule has 0 fully saturated rings. The highest BCUT2D eigenvalue weighted by Crippen LogP contribution is 2.34. The van der Waals surface area contributed by atoms with Gasteiger partial charge in [-0.1, -0.05) is 50.0 Å². The third kappa shape index (κ3) is 2.33. The van der Waals surface area contributed by atoms with E-state index in [0.717, 1.165) is 11.4 Å². The molecule has 1 heterocycles. The van der Waals surface area contributed by atoms with Crippen molar-refractivity contribution < 1.29 is 0 Å². The number of hydrogen-bond donors (Lipinski definition) is 1.